The maximum atomic E-state index is 9.44. The summed E-state index contributed by atoms with van der Waals surface area (Å²) >= 11 is 0. The fourth-order valence-electron chi connectivity index (χ4n) is 1.70. The number of methoxy groups -OCH3 is 1. The summed E-state index contributed by atoms with van der Waals surface area (Å²) in [5.74, 6) is 1.34. The summed E-state index contributed by atoms with van der Waals surface area (Å²) in [7, 11) is 1.67. The average molecular weight is 222 g/mol. The van der Waals surface area contributed by atoms with Crippen molar-refractivity contribution in [2.45, 2.75) is 39.0 Å². The molecule has 0 aliphatic carbocycles. The Morgan fingerprint density at radius 2 is 1.94 bits per heavy atom. The van der Waals surface area contributed by atoms with Gasteiger partial charge in [0.05, 0.1) is 13.7 Å². The molecule has 0 aromatic heterocycles. The van der Waals surface area contributed by atoms with Gasteiger partial charge in [-0.25, -0.2) is 0 Å². The van der Waals surface area contributed by atoms with Crippen LogP contribution in [0.1, 0.15) is 44.7 Å². The summed E-state index contributed by atoms with van der Waals surface area (Å²) < 4.78 is 5.36. The van der Waals surface area contributed by atoms with Gasteiger partial charge >= 0.3 is 0 Å². The topological polar surface area (TPSA) is 29.5 Å². The normalized spacial score (nSPS) is 11.9. The predicted molar refractivity (Wildman–Crippen MR) is 67.2 cm³/mol. The molecular weight excluding hydrogens is 200 g/mol. The lowest BCUT2D eigenvalue weighted by atomic mass is 9.83. The van der Waals surface area contributed by atoms with Gasteiger partial charge in [-0.15, -0.1) is 0 Å². The van der Waals surface area contributed by atoms with Gasteiger partial charge in [-0.2, -0.15) is 0 Å². The number of hydrogen-bond acceptors (Lipinski definition) is 2. The molecule has 2 heteroatoms. The Morgan fingerprint density at radius 1 is 1.31 bits per heavy atom. The lowest BCUT2D eigenvalue weighted by Crippen LogP contribution is -2.23. The predicted octanol–water partition coefficient (Wildman–Crippen LogP) is 3.09. The zero-order chi connectivity index (χ0) is 12.3. The summed E-state index contributed by atoms with van der Waals surface area (Å²) in [5, 5.41) is 9.44. The minimum Gasteiger partial charge on any atom is -0.496 e. The summed E-state index contributed by atoms with van der Waals surface area (Å²) in [6.45, 7) is 8.49. The van der Waals surface area contributed by atoms with Crippen molar-refractivity contribution in [2.75, 3.05) is 13.7 Å². The van der Waals surface area contributed by atoms with E-state index in [-0.39, 0.29) is 12.0 Å². The number of aliphatic hydroxyl groups excluding tert-OH is 1. The van der Waals surface area contributed by atoms with E-state index in [0.29, 0.717) is 5.92 Å². The van der Waals surface area contributed by atoms with Gasteiger partial charge < -0.3 is 9.84 Å². The Balaban J connectivity index is 3.27. The average Bonchev–Trinajstić information content (AvgIpc) is 2.28. The Bertz CT molecular complexity index is 354. The first-order chi connectivity index (χ1) is 7.42. The Labute approximate surface area is 98.3 Å². The first-order valence-electron chi connectivity index (χ1n) is 5.71. The third-order valence-corrected chi connectivity index (χ3v) is 3.01. The zero-order valence-electron chi connectivity index (χ0n) is 10.9. The Hall–Kier alpha value is -1.02. The standard InChI is InChI=1S/C14H22O2/c1-10(2)11-6-7-13(16-5)12(8-11)14(3,4)9-15/h6-8,10,15H,9H2,1-5H3. The van der Waals surface area contributed by atoms with Crippen molar-refractivity contribution in [3.05, 3.63) is 29.3 Å². The highest BCUT2D eigenvalue weighted by Gasteiger charge is 2.24. The van der Waals surface area contributed by atoms with Crippen LogP contribution in [-0.4, -0.2) is 18.8 Å². The van der Waals surface area contributed by atoms with Crippen LogP contribution in [0, 0.1) is 0 Å². The van der Waals surface area contributed by atoms with Crippen LogP contribution in [0.25, 0.3) is 0 Å². The van der Waals surface area contributed by atoms with E-state index < -0.39 is 0 Å². The molecule has 1 aromatic carbocycles. The van der Waals surface area contributed by atoms with E-state index in [1.165, 1.54) is 5.56 Å². The van der Waals surface area contributed by atoms with Crippen molar-refractivity contribution in [1.82, 2.24) is 0 Å². The van der Waals surface area contributed by atoms with Crippen LogP contribution >= 0.6 is 0 Å². The maximum Gasteiger partial charge on any atom is 0.122 e. The lowest BCUT2D eigenvalue weighted by Gasteiger charge is -2.25. The fraction of sp³-hybridized carbons (Fsp3) is 0.571. The smallest absolute Gasteiger partial charge is 0.122 e. The summed E-state index contributed by atoms with van der Waals surface area (Å²) in [4.78, 5) is 0. The Morgan fingerprint density at radius 3 is 2.38 bits per heavy atom. The zero-order valence-corrected chi connectivity index (χ0v) is 10.9. The summed E-state index contributed by atoms with van der Waals surface area (Å²) in [6, 6.07) is 6.21. The van der Waals surface area contributed by atoms with Gasteiger partial charge in [0.25, 0.3) is 0 Å². The van der Waals surface area contributed by atoms with Crippen molar-refractivity contribution >= 4 is 0 Å². The Kier molecular flexibility index (Phi) is 3.98. The highest BCUT2D eigenvalue weighted by Crippen LogP contribution is 2.33. The third kappa shape index (κ3) is 2.56. The van der Waals surface area contributed by atoms with Gasteiger partial charge in [0.1, 0.15) is 5.75 Å². The van der Waals surface area contributed by atoms with Gasteiger partial charge in [-0.1, -0.05) is 39.8 Å². The molecule has 0 spiro atoms. The molecule has 0 saturated carbocycles. The van der Waals surface area contributed by atoms with E-state index in [2.05, 4.69) is 26.0 Å². The van der Waals surface area contributed by atoms with E-state index in [1.54, 1.807) is 7.11 Å². The quantitative estimate of drug-likeness (QED) is 0.848. The first-order valence-corrected chi connectivity index (χ1v) is 5.71. The monoisotopic (exact) mass is 222 g/mol. The molecular formula is C14H22O2. The number of ether oxygens (including phenoxy) is 1. The minimum atomic E-state index is -0.268. The largest absolute Gasteiger partial charge is 0.496 e. The number of aliphatic hydroxyl groups is 1. The lowest BCUT2D eigenvalue weighted by molar-refractivity contribution is 0.214. The van der Waals surface area contributed by atoms with Crippen molar-refractivity contribution in [3.63, 3.8) is 0 Å². The van der Waals surface area contributed by atoms with Gasteiger partial charge in [-0.3, -0.25) is 0 Å². The molecule has 0 radical (unpaired) electrons. The van der Waals surface area contributed by atoms with E-state index in [0.717, 1.165) is 11.3 Å². The first kappa shape index (κ1) is 13.0. The molecule has 16 heavy (non-hydrogen) atoms. The molecule has 2 nitrogen and oxygen atoms in total. The van der Waals surface area contributed by atoms with Gasteiger partial charge in [0.2, 0.25) is 0 Å². The van der Waals surface area contributed by atoms with Crippen LogP contribution in [-0.2, 0) is 5.41 Å². The molecule has 1 N–H and O–H groups in total. The molecule has 0 bridgehead atoms. The van der Waals surface area contributed by atoms with Gasteiger partial charge in [-0.05, 0) is 17.5 Å². The van der Waals surface area contributed by atoms with Crippen LogP contribution in [0.2, 0.25) is 0 Å². The summed E-state index contributed by atoms with van der Waals surface area (Å²) in [6.07, 6.45) is 0. The molecule has 0 unspecified atom stereocenters. The number of benzene rings is 1. The van der Waals surface area contributed by atoms with Crippen LogP contribution in [0.15, 0.2) is 18.2 Å². The molecule has 0 saturated heterocycles. The van der Waals surface area contributed by atoms with Crippen LogP contribution in [0.5, 0.6) is 5.75 Å². The van der Waals surface area contributed by atoms with Gasteiger partial charge in [0.15, 0.2) is 0 Å². The highest BCUT2D eigenvalue weighted by molar-refractivity contribution is 5.42. The molecule has 1 aromatic rings. The van der Waals surface area contributed by atoms with Crippen molar-refractivity contribution in [2.24, 2.45) is 0 Å². The second-order valence-electron chi connectivity index (χ2n) is 5.16. The molecule has 0 fully saturated rings. The van der Waals surface area contributed by atoms with Crippen LogP contribution in [0.4, 0.5) is 0 Å². The minimum absolute atomic E-state index is 0.116. The molecule has 0 aliphatic heterocycles. The van der Waals surface area contributed by atoms with Crippen molar-refractivity contribution < 1.29 is 9.84 Å². The molecule has 0 aliphatic rings. The van der Waals surface area contributed by atoms with E-state index in [1.807, 2.05) is 19.9 Å². The summed E-state index contributed by atoms with van der Waals surface area (Å²) in [5.41, 5.74) is 2.08. The molecule has 0 atom stereocenters. The number of rotatable bonds is 4. The molecule has 90 valence electrons. The SMILES string of the molecule is COc1ccc(C(C)C)cc1C(C)(C)CO. The van der Waals surface area contributed by atoms with E-state index >= 15 is 0 Å². The fourth-order valence-corrected chi connectivity index (χ4v) is 1.70. The second kappa shape index (κ2) is 4.88. The third-order valence-electron chi connectivity index (χ3n) is 3.01. The number of hydrogen-bond donors (Lipinski definition) is 1. The van der Waals surface area contributed by atoms with Crippen LogP contribution in [0.3, 0.4) is 0 Å². The van der Waals surface area contributed by atoms with E-state index in [4.69, 9.17) is 4.74 Å². The molecule has 0 amide bonds. The highest BCUT2D eigenvalue weighted by atomic mass is 16.5. The van der Waals surface area contributed by atoms with E-state index in [9.17, 15) is 5.11 Å². The second-order valence-corrected chi connectivity index (χ2v) is 5.16. The maximum absolute atomic E-state index is 9.44. The molecule has 1 rings (SSSR count). The van der Waals surface area contributed by atoms with Gasteiger partial charge in [0, 0.05) is 11.0 Å². The van der Waals surface area contributed by atoms with Crippen molar-refractivity contribution in [3.8, 4) is 5.75 Å². The molecule has 0 heterocycles. The van der Waals surface area contributed by atoms with Crippen LogP contribution < -0.4 is 4.74 Å². The van der Waals surface area contributed by atoms with Crippen molar-refractivity contribution in [1.29, 1.82) is 0 Å².